The number of nitrogens with zero attached hydrogens (tertiary/aromatic N) is 3. The molecule has 2 N–H and O–H groups in total. The van der Waals surface area contributed by atoms with E-state index in [0.717, 1.165) is 23.4 Å². The summed E-state index contributed by atoms with van der Waals surface area (Å²) in [5.41, 5.74) is 0.159. The van der Waals surface area contributed by atoms with E-state index in [1.54, 1.807) is 24.4 Å². The summed E-state index contributed by atoms with van der Waals surface area (Å²) in [5.74, 6) is -2.78. The standard InChI is InChI=1S/C29H28F4N4O4/c1-16-3-4-18(36-26(39)19-5-8-34-24(23(19)30)29(31,32)33)14-20(16)17-13-22-25(35-15-17)37(9-10-38)27(40)21-6-11-41-12-7-28(21,22)2/h3-5,8,13-15,21,38H,6-7,9-12H2,1-2H3,(H,36,39)/t21-,28+/m1/s1. The fourth-order valence-electron chi connectivity index (χ4n) is 5.67. The van der Waals surface area contributed by atoms with Crippen molar-refractivity contribution < 1.29 is 37.0 Å². The van der Waals surface area contributed by atoms with Crippen LogP contribution in [0.25, 0.3) is 11.1 Å². The van der Waals surface area contributed by atoms with Crippen molar-refractivity contribution >= 4 is 23.3 Å². The van der Waals surface area contributed by atoms with Crippen LogP contribution >= 0.6 is 0 Å². The van der Waals surface area contributed by atoms with Gasteiger partial charge >= 0.3 is 6.18 Å². The molecule has 216 valence electrons. The maximum Gasteiger partial charge on any atom is 0.436 e. The molecule has 0 radical (unpaired) electrons. The van der Waals surface area contributed by atoms with Crippen molar-refractivity contribution in [3.05, 3.63) is 70.9 Å². The fourth-order valence-corrected chi connectivity index (χ4v) is 5.67. The number of aliphatic hydroxyl groups is 1. The number of carbonyl (C=O) groups excluding carboxylic acids is 2. The van der Waals surface area contributed by atoms with Crippen molar-refractivity contribution in [2.45, 2.75) is 38.3 Å². The zero-order valence-electron chi connectivity index (χ0n) is 22.4. The Balaban J connectivity index is 1.52. The number of benzene rings is 1. The van der Waals surface area contributed by atoms with Gasteiger partial charge in [-0.15, -0.1) is 0 Å². The Morgan fingerprint density at radius 3 is 2.73 bits per heavy atom. The lowest BCUT2D eigenvalue weighted by molar-refractivity contribution is -0.143. The molecule has 0 unspecified atom stereocenters. The number of aryl methyl sites for hydroxylation is 1. The number of ether oxygens (including phenoxy) is 1. The number of amides is 2. The zero-order chi connectivity index (χ0) is 29.5. The van der Waals surface area contributed by atoms with Crippen LogP contribution in [0.4, 0.5) is 29.1 Å². The molecule has 2 aliphatic heterocycles. The van der Waals surface area contributed by atoms with Crippen molar-refractivity contribution in [3.63, 3.8) is 0 Å². The summed E-state index contributed by atoms with van der Waals surface area (Å²) in [4.78, 5) is 35.4. The van der Waals surface area contributed by atoms with E-state index in [0.29, 0.717) is 43.0 Å². The summed E-state index contributed by atoms with van der Waals surface area (Å²) in [6, 6.07) is 7.75. The highest BCUT2D eigenvalue weighted by atomic mass is 19.4. The molecule has 2 aromatic heterocycles. The Labute approximate surface area is 233 Å². The van der Waals surface area contributed by atoms with Crippen LogP contribution in [0.15, 0.2) is 42.7 Å². The first kappa shape index (κ1) is 28.6. The second kappa shape index (κ2) is 10.8. The first-order valence-corrected chi connectivity index (χ1v) is 13.1. The predicted octanol–water partition coefficient (Wildman–Crippen LogP) is 4.89. The van der Waals surface area contributed by atoms with E-state index in [9.17, 15) is 32.3 Å². The van der Waals surface area contributed by atoms with Gasteiger partial charge in [-0.25, -0.2) is 14.4 Å². The van der Waals surface area contributed by atoms with E-state index in [-0.39, 0.29) is 30.7 Å². The van der Waals surface area contributed by atoms with E-state index in [4.69, 9.17) is 4.74 Å². The second-order valence-electron chi connectivity index (χ2n) is 10.4. The number of aromatic nitrogens is 2. The third-order valence-corrected chi connectivity index (χ3v) is 7.92. The van der Waals surface area contributed by atoms with Crippen LogP contribution in [0, 0.1) is 18.7 Å². The molecule has 41 heavy (non-hydrogen) atoms. The van der Waals surface area contributed by atoms with Crippen molar-refractivity contribution in [3.8, 4) is 11.1 Å². The summed E-state index contributed by atoms with van der Waals surface area (Å²) in [5, 5.41) is 12.1. The lowest BCUT2D eigenvalue weighted by Crippen LogP contribution is -2.52. The van der Waals surface area contributed by atoms with Crippen molar-refractivity contribution in [2.75, 3.05) is 36.6 Å². The van der Waals surface area contributed by atoms with Gasteiger partial charge in [-0.05, 0) is 55.2 Å². The summed E-state index contributed by atoms with van der Waals surface area (Å²) in [6.07, 6.45) is -1.59. The average Bonchev–Trinajstić information content (AvgIpc) is 3.13. The van der Waals surface area contributed by atoms with E-state index in [2.05, 4.69) is 15.3 Å². The van der Waals surface area contributed by atoms with E-state index in [1.807, 2.05) is 19.9 Å². The minimum Gasteiger partial charge on any atom is -0.395 e. The molecule has 3 aromatic rings. The number of fused-ring (bicyclic) bond motifs is 3. The Morgan fingerprint density at radius 2 is 2.00 bits per heavy atom. The highest BCUT2D eigenvalue weighted by Gasteiger charge is 2.49. The van der Waals surface area contributed by atoms with Gasteiger partial charge in [0.05, 0.1) is 24.6 Å². The number of hydrogen-bond acceptors (Lipinski definition) is 6. The third-order valence-electron chi connectivity index (χ3n) is 7.92. The number of anilines is 2. The molecule has 2 amide bonds. The molecule has 2 atom stereocenters. The van der Waals surface area contributed by atoms with Crippen LogP contribution in [0.5, 0.6) is 0 Å². The molecule has 1 aromatic carbocycles. The number of nitrogens with one attached hydrogen (secondary N) is 1. The minimum absolute atomic E-state index is 0.0993. The molecular weight excluding hydrogens is 544 g/mol. The van der Waals surface area contributed by atoms with Crippen LogP contribution in [-0.4, -0.2) is 53.3 Å². The van der Waals surface area contributed by atoms with E-state index in [1.165, 1.54) is 4.90 Å². The first-order valence-electron chi connectivity index (χ1n) is 13.1. The number of rotatable bonds is 5. The first-order chi connectivity index (χ1) is 19.5. The highest BCUT2D eigenvalue weighted by molar-refractivity contribution is 6.05. The zero-order valence-corrected chi connectivity index (χ0v) is 22.4. The molecule has 4 heterocycles. The third kappa shape index (κ3) is 5.17. The van der Waals surface area contributed by atoms with Crippen LogP contribution in [0.1, 0.15) is 46.9 Å². The van der Waals surface area contributed by atoms with Gasteiger partial charge in [0.15, 0.2) is 11.5 Å². The van der Waals surface area contributed by atoms with Crippen LogP contribution < -0.4 is 10.2 Å². The molecule has 5 rings (SSSR count). The Bertz CT molecular complexity index is 1510. The Morgan fingerprint density at radius 1 is 1.22 bits per heavy atom. The highest BCUT2D eigenvalue weighted by Crippen LogP contribution is 2.48. The van der Waals surface area contributed by atoms with Gasteiger partial charge in [-0.1, -0.05) is 13.0 Å². The van der Waals surface area contributed by atoms with Crippen molar-refractivity contribution in [2.24, 2.45) is 5.92 Å². The summed E-state index contributed by atoms with van der Waals surface area (Å²) < 4.78 is 59.5. The second-order valence-corrected chi connectivity index (χ2v) is 10.4. The maximum atomic E-state index is 14.5. The van der Waals surface area contributed by atoms with Gasteiger partial charge in [0, 0.05) is 47.8 Å². The fraction of sp³-hybridized carbons (Fsp3) is 0.379. The van der Waals surface area contributed by atoms with Crippen LogP contribution in [0.2, 0.25) is 0 Å². The number of alkyl halides is 3. The normalized spacial score (nSPS) is 20.7. The maximum absolute atomic E-state index is 14.5. The van der Waals surface area contributed by atoms with Crippen molar-refractivity contribution in [1.82, 2.24) is 9.97 Å². The van der Waals surface area contributed by atoms with Crippen molar-refractivity contribution in [1.29, 1.82) is 0 Å². The van der Waals surface area contributed by atoms with E-state index < -0.39 is 34.6 Å². The monoisotopic (exact) mass is 572 g/mol. The molecule has 0 saturated carbocycles. The lowest BCUT2D eigenvalue weighted by Gasteiger charge is -2.44. The molecule has 0 aliphatic carbocycles. The molecular formula is C29H28F4N4O4. The number of aliphatic hydroxyl groups excluding tert-OH is 1. The van der Waals surface area contributed by atoms with Gasteiger partial charge in [0.25, 0.3) is 5.91 Å². The molecule has 2 aliphatic rings. The topological polar surface area (TPSA) is 105 Å². The average molecular weight is 573 g/mol. The van der Waals surface area contributed by atoms with Crippen LogP contribution in [0.3, 0.4) is 0 Å². The largest absolute Gasteiger partial charge is 0.436 e. The van der Waals surface area contributed by atoms with Gasteiger partial charge in [-0.3, -0.25) is 14.5 Å². The molecule has 12 heteroatoms. The van der Waals surface area contributed by atoms with Gasteiger partial charge in [0.2, 0.25) is 5.91 Å². The Kier molecular flexibility index (Phi) is 7.56. The SMILES string of the molecule is Cc1ccc(NC(=O)c2ccnc(C(F)(F)F)c2F)cc1-c1cnc2c(c1)[C@@]1(C)CCOCC[C@@H]1C(=O)N2CCO. The minimum atomic E-state index is -5.05. The molecule has 0 bridgehead atoms. The van der Waals surface area contributed by atoms with Gasteiger partial charge < -0.3 is 15.2 Å². The quantitative estimate of drug-likeness (QED) is 0.422. The number of β-amino-alcohol motifs (C(OH)–C–C–N with tert-alkyl or cyclic N) is 1. The number of carbonyl (C=O) groups is 2. The number of halogens is 4. The van der Waals surface area contributed by atoms with Gasteiger partial charge in [0.1, 0.15) is 5.82 Å². The number of pyridine rings is 2. The van der Waals surface area contributed by atoms with E-state index >= 15 is 0 Å². The molecule has 1 saturated heterocycles. The predicted molar refractivity (Wildman–Crippen MR) is 142 cm³/mol. The lowest BCUT2D eigenvalue weighted by atomic mass is 9.66. The van der Waals surface area contributed by atoms with Gasteiger partial charge in [-0.2, -0.15) is 13.2 Å². The Hall–Kier alpha value is -3.90. The molecule has 0 spiro atoms. The van der Waals surface area contributed by atoms with Crippen LogP contribution in [-0.2, 0) is 21.1 Å². The molecule has 1 fully saturated rings. The summed E-state index contributed by atoms with van der Waals surface area (Å²) in [6.45, 7) is 4.68. The summed E-state index contributed by atoms with van der Waals surface area (Å²) >= 11 is 0. The number of hydrogen-bond donors (Lipinski definition) is 2. The smallest absolute Gasteiger partial charge is 0.395 e. The molecule has 8 nitrogen and oxygen atoms in total. The summed E-state index contributed by atoms with van der Waals surface area (Å²) in [7, 11) is 0.